The number of amides is 2. The predicted molar refractivity (Wildman–Crippen MR) is 99.9 cm³/mol. The molecular weight excluding hydrogens is 352 g/mol. The van der Waals surface area contributed by atoms with Crippen LogP contribution in [0.4, 0.5) is 10.5 Å². The van der Waals surface area contributed by atoms with Crippen molar-refractivity contribution in [1.29, 1.82) is 0 Å². The lowest BCUT2D eigenvalue weighted by molar-refractivity contribution is 0.174. The van der Waals surface area contributed by atoms with Crippen LogP contribution in [0.1, 0.15) is 5.69 Å². The maximum absolute atomic E-state index is 12.1. The Morgan fingerprint density at radius 2 is 2.15 bits per heavy atom. The molecule has 134 valence electrons. The number of urea groups is 1. The summed E-state index contributed by atoms with van der Waals surface area (Å²) in [5.74, 6) is 1.32. The number of aromatic nitrogens is 2. The average Bonchev–Trinajstić information content (AvgIpc) is 3.35. The Balaban J connectivity index is 1.30. The molecule has 3 heterocycles. The maximum atomic E-state index is 12.1. The Kier molecular flexibility index (Phi) is 4.49. The smallest absolute Gasteiger partial charge is 0.319 e. The molecule has 4 rings (SSSR count). The van der Waals surface area contributed by atoms with E-state index in [1.165, 1.54) is 0 Å². The standard InChI is InChI=1S/C18H18N4O3S/c1-12-9-14(17-3-2-8-26-17)21-22(12)7-6-19-18(23)20-13-4-5-15-16(10-13)25-11-24-15/h2-5,8-10H,6-7,11H2,1H3,(H2,19,20,23). The van der Waals surface area contributed by atoms with Gasteiger partial charge >= 0.3 is 6.03 Å². The number of rotatable bonds is 5. The molecule has 0 atom stereocenters. The summed E-state index contributed by atoms with van der Waals surface area (Å²) >= 11 is 1.66. The van der Waals surface area contributed by atoms with Crippen LogP contribution in [0.15, 0.2) is 41.8 Å². The van der Waals surface area contributed by atoms with Crippen LogP contribution in [-0.4, -0.2) is 29.1 Å². The first-order valence-electron chi connectivity index (χ1n) is 8.22. The lowest BCUT2D eigenvalue weighted by Gasteiger charge is -2.09. The first kappa shape index (κ1) is 16.5. The van der Waals surface area contributed by atoms with E-state index < -0.39 is 0 Å². The monoisotopic (exact) mass is 370 g/mol. The van der Waals surface area contributed by atoms with Gasteiger partial charge in [0, 0.05) is 24.0 Å². The van der Waals surface area contributed by atoms with Crippen LogP contribution in [0.3, 0.4) is 0 Å². The molecule has 26 heavy (non-hydrogen) atoms. The summed E-state index contributed by atoms with van der Waals surface area (Å²) in [4.78, 5) is 13.2. The SMILES string of the molecule is Cc1cc(-c2cccs2)nn1CCNC(=O)Nc1ccc2c(c1)OCO2. The van der Waals surface area contributed by atoms with Crippen molar-refractivity contribution in [2.45, 2.75) is 13.5 Å². The molecular formula is C18H18N4O3S. The van der Waals surface area contributed by atoms with Crippen LogP contribution in [0.2, 0.25) is 0 Å². The zero-order valence-electron chi connectivity index (χ0n) is 14.2. The molecule has 0 unspecified atom stereocenters. The van der Waals surface area contributed by atoms with Gasteiger partial charge < -0.3 is 20.1 Å². The van der Waals surface area contributed by atoms with Crippen molar-refractivity contribution in [2.75, 3.05) is 18.7 Å². The third-order valence-electron chi connectivity index (χ3n) is 3.99. The second kappa shape index (κ2) is 7.09. The van der Waals surface area contributed by atoms with Gasteiger partial charge in [0.15, 0.2) is 11.5 Å². The highest BCUT2D eigenvalue weighted by molar-refractivity contribution is 7.13. The van der Waals surface area contributed by atoms with Gasteiger partial charge in [0.05, 0.1) is 11.4 Å². The number of aryl methyl sites for hydroxylation is 1. The third-order valence-corrected chi connectivity index (χ3v) is 4.89. The van der Waals surface area contributed by atoms with E-state index in [1.807, 2.05) is 29.1 Å². The van der Waals surface area contributed by atoms with E-state index in [0.717, 1.165) is 16.3 Å². The lowest BCUT2D eigenvalue weighted by atomic mass is 10.3. The molecule has 2 amide bonds. The van der Waals surface area contributed by atoms with Crippen LogP contribution < -0.4 is 20.1 Å². The Labute approximate surface area is 154 Å². The summed E-state index contributed by atoms with van der Waals surface area (Å²) in [6.45, 7) is 3.30. The Morgan fingerprint density at radius 3 is 3.00 bits per heavy atom. The molecule has 3 aromatic rings. The molecule has 0 radical (unpaired) electrons. The summed E-state index contributed by atoms with van der Waals surface area (Å²) in [5.41, 5.74) is 2.68. The van der Waals surface area contributed by atoms with Gasteiger partial charge in [0.2, 0.25) is 6.79 Å². The molecule has 1 aromatic carbocycles. The summed E-state index contributed by atoms with van der Waals surface area (Å²) in [5, 5.41) is 12.3. The van der Waals surface area contributed by atoms with E-state index in [1.54, 1.807) is 29.5 Å². The molecule has 7 nitrogen and oxygen atoms in total. The number of thiophene rings is 1. The molecule has 0 aliphatic carbocycles. The minimum atomic E-state index is -0.271. The van der Waals surface area contributed by atoms with Crippen LogP contribution >= 0.6 is 11.3 Å². The van der Waals surface area contributed by atoms with Gasteiger partial charge in [-0.15, -0.1) is 11.3 Å². The van der Waals surface area contributed by atoms with Gasteiger partial charge in [0.1, 0.15) is 5.69 Å². The predicted octanol–water partition coefficient (Wildman–Crippen LogP) is 3.47. The van der Waals surface area contributed by atoms with Gasteiger partial charge in [-0.05, 0) is 36.6 Å². The minimum absolute atomic E-state index is 0.210. The summed E-state index contributed by atoms with van der Waals surface area (Å²) in [7, 11) is 0. The van der Waals surface area contributed by atoms with Gasteiger partial charge in [-0.25, -0.2) is 4.79 Å². The largest absolute Gasteiger partial charge is 0.454 e. The van der Waals surface area contributed by atoms with Crippen LogP contribution in [0.5, 0.6) is 11.5 Å². The Hall–Kier alpha value is -3.00. The number of benzene rings is 1. The van der Waals surface area contributed by atoms with E-state index >= 15 is 0 Å². The highest BCUT2D eigenvalue weighted by Crippen LogP contribution is 2.34. The molecule has 0 saturated heterocycles. The molecule has 1 aliphatic heterocycles. The Bertz CT molecular complexity index is 921. The van der Waals surface area contributed by atoms with Gasteiger partial charge in [-0.3, -0.25) is 4.68 Å². The zero-order chi connectivity index (χ0) is 17.9. The molecule has 0 bridgehead atoms. The fourth-order valence-corrected chi connectivity index (χ4v) is 3.39. The van der Waals surface area contributed by atoms with Gasteiger partial charge in [0.25, 0.3) is 0 Å². The first-order chi connectivity index (χ1) is 12.7. The van der Waals surface area contributed by atoms with Crippen molar-refractivity contribution in [2.24, 2.45) is 0 Å². The van der Waals surface area contributed by atoms with Crippen molar-refractivity contribution in [3.05, 3.63) is 47.5 Å². The van der Waals surface area contributed by atoms with Gasteiger partial charge in [-0.2, -0.15) is 5.10 Å². The Morgan fingerprint density at radius 1 is 1.27 bits per heavy atom. The fourth-order valence-electron chi connectivity index (χ4n) is 2.71. The lowest BCUT2D eigenvalue weighted by Crippen LogP contribution is -2.31. The second-order valence-corrected chi connectivity index (χ2v) is 6.77. The number of nitrogens with zero attached hydrogens (tertiary/aromatic N) is 2. The number of anilines is 1. The number of ether oxygens (including phenoxy) is 2. The molecule has 8 heteroatoms. The first-order valence-corrected chi connectivity index (χ1v) is 9.10. The van der Waals surface area contributed by atoms with E-state index in [2.05, 4.69) is 21.8 Å². The maximum Gasteiger partial charge on any atom is 0.319 e. The van der Waals surface area contributed by atoms with Crippen molar-refractivity contribution >= 4 is 23.1 Å². The minimum Gasteiger partial charge on any atom is -0.454 e. The van der Waals surface area contributed by atoms with Crippen molar-refractivity contribution < 1.29 is 14.3 Å². The third kappa shape index (κ3) is 3.50. The second-order valence-electron chi connectivity index (χ2n) is 5.82. The summed E-state index contributed by atoms with van der Waals surface area (Å²) in [6.07, 6.45) is 0. The summed E-state index contributed by atoms with van der Waals surface area (Å²) < 4.78 is 12.5. The van der Waals surface area contributed by atoms with Crippen molar-refractivity contribution in [3.8, 4) is 22.1 Å². The quantitative estimate of drug-likeness (QED) is 0.721. The summed E-state index contributed by atoms with van der Waals surface area (Å²) in [6, 6.07) is 11.1. The molecule has 2 aromatic heterocycles. The normalized spacial score (nSPS) is 12.2. The van der Waals surface area contributed by atoms with Crippen molar-refractivity contribution in [3.63, 3.8) is 0 Å². The van der Waals surface area contributed by atoms with Gasteiger partial charge in [-0.1, -0.05) is 6.07 Å². The molecule has 0 fully saturated rings. The highest BCUT2D eigenvalue weighted by atomic mass is 32.1. The average molecular weight is 370 g/mol. The van der Waals surface area contributed by atoms with E-state index in [0.29, 0.717) is 30.3 Å². The zero-order valence-corrected chi connectivity index (χ0v) is 15.0. The molecule has 0 saturated carbocycles. The molecule has 1 aliphatic rings. The number of carbonyl (C=O) groups excluding carboxylic acids is 1. The van der Waals surface area contributed by atoms with Crippen LogP contribution in [0.25, 0.3) is 10.6 Å². The number of hydrogen-bond acceptors (Lipinski definition) is 5. The van der Waals surface area contributed by atoms with Crippen molar-refractivity contribution in [1.82, 2.24) is 15.1 Å². The number of nitrogens with one attached hydrogen (secondary N) is 2. The number of hydrogen-bond donors (Lipinski definition) is 2. The highest BCUT2D eigenvalue weighted by Gasteiger charge is 2.14. The van der Waals surface area contributed by atoms with E-state index in [9.17, 15) is 4.79 Å². The van der Waals surface area contributed by atoms with Crippen LogP contribution in [-0.2, 0) is 6.54 Å². The molecule has 2 N–H and O–H groups in total. The topological polar surface area (TPSA) is 77.4 Å². The van der Waals surface area contributed by atoms with E-state index in [-0.39, 0.29) is 12.8 Å². The number of carbonyl (C=O) groups is 1. The molecule has 0 spiro atoms. The van der Waals surface area contributed by atoms with E-state index in [4.69, 9.17) is 9.47 Å². The van der Waals surface area contributed by atoms with Crippen LogP contribution in [0, 0.1) is 6.92 Å². The number of fused-ring (bicyclic) bond motifs is 1. The fraction of sp³-hybridized carbons (Fsp3) is 0.222.